The third-order valence-corrected chi connectivity index (χ3v) is 6.31. The monoisotopic (exact) mass is 545 g/mol. The van der Waals surface area contributed by atoms with E-state index in [2.05, 4.69) is 10.4 Å². The molecular weight excluding hydrogens is 523 g/mol. The lowest BCUT2D eigenvalue weighted by Crippen LogP contribution is -2.26. The van der Waals surface area contributed by atoms with E-state index < -0.39 is 29.2 Å². The second-order valence-corrected chi connectivity index (χ2v) is 8.87. The van der Waals surface area contributed by atoms with Crippen LogP contribution in [0.4, 0.5) is 18.2 Å². The zero-order chi connectivity index (χ0) is 27.4. The molecule has 0 fully saturated rings. The highest BCUT2D eigenvalue weighted by molar-refractivity contribution is 7.16. The van der Waals surface area contributed by atoms with Gasteiger partial charge in [0.15, 0.2) is 5.69 Å². The van der Waals surface area contributed by atoms with Gasteiger partial charge in [0.25, 0.3) is 5.56 Å². The van der Waals surface area contributed by atoms with Crippen LogP contribution in [0.2, 0.25) is 0 Å². The fourth-order valence-electron chi connectivity index (χ4n) is 3.68. The first-order chi connectivity index (χ1) is 18.1. The third kappa shape index (κ3) is 5.70. The van der Waals surface area contributed by atoms with Crippen LogP contribution in [0.3, 0.4) is 0 Å². The van der Waals surface area contributed by atoms with Crippen molar-refractivity contribution in [2.45, 2.75) is 26.4 Å². The summed E-state index contributed by atoms with van der Waals surface area (Å²) in [6.45, 7) is 4.01. The molecule has 0 spiro atoms. The number of carbonyl (C=O) groups excluding carboxylic acids is 2. The smallest absolute Gasteiger partial charge is 0.416 e. The molecule has 0 saturated heterocycles. The number of esters is 1. The Labute approximate surface area is 218 Å². The lowest BCUT2D eigenvalue weighted by molar-refractivity contribution is -0.137. The van der Waals surface area contributed by atoms with E-state index in [4.69, 9.17) is 9.47 Å². The summed E-state index contributed by atoms with van der Waals surface area (Å²) in [6, 6.07) is 10.8. The Kier molecular flexibility index (Phi) is 7.81. The van der Waals surface area contributed by atoms with Crippen LogP contribution in [0.25, 0.3) is 16.5 Å². The Bertz CT molecular complexity index is 1530. The van der Waals surface area contributed by atoms with Gasteiger partial charge in [0.1, 0.15) is 10.8 Å². The van der Waals surface area contributed by atoms with Gasteiger partial charge in [0, 0.05) is 10.8 Å². The molecular formula is C26H22F3N3O5S. The Morgan fingerprint density at radius 2 is 1.71 bits per heavy atom. The van der Waals surface area contributed by atoms with Crippen molar-refractivity contribution in [2.24, 2.45) is 0 Å². The normalized spacial score (nSPS) is 11.4. The van der Waals surface area contributed by atoms with Crippen LogP contribution in [0.1, 0.15) is 35.5 Å². The number of anilines is 1. The number of halogens is 3. The number of hydrogen-bond donors (Lipinski definition) is 1. The molecule has 38 heavy (non-hydrogen) atoms. The quantitative estimate of drug-likeness (QED) is 0.305. The number of carbonyl (C=O) groups is 2. The summed E-state index contributed by atoms with van der Waals surface area (Å²) in [6.07, 6.45) is -4.56. The van der Waals surface area contributed by atoms with Crippen LogP contribution < -0.4 is 15.6 Å². The Morgan fingerprint density at radius 3 is 2.32 bits per heavy atom. The summed E-state index contributed by atoms with van der Waals surface area (Å²) >= 11 is 1.02. The summed E-state index contributed by atoms with van der Waals surface area (Å²) in [4.78, 5) is 38.9. The fourth-order valence-corrected chi connectivity index (χ4v) is 4.64. The lowest BCUT2D eigenvalue weighted by atomic mass is 10.1. The van der Waals surface area contributed by atoms with E-state index in [9.17, 15) is 27.6 Å². The molecule has 4 aromatic rings. The highest BCUT2D eigenvalue weighted by Crippen LogP contribution is 2.32. The van der Waals surface area contributed by atoms with E-state index in [1.165, 1.54) is 5.38 Å². The third-order valence-electron chi connectivity index (χ3n) is 5.41. The molecule has 12 heteroatoms. The molecule has 198 valence electrons. The topological polar surface area (TPSA) is 99.5 Å². The molecule has 0 aliphatic carbocycles. The molecule has 0 aliphatic rings. The number of alkyl halides is 3. The van der Waals surface area contributed by atoms with Crippen molar-refractivity contribution >= 4 is 39.0 Å². The van der Waals surface area contributed by atoms with Gasteiger partial charge in [-0.05, 0) is 55.8 Å². The predicted octanol–water partition coefficient (Wildman–Crippen LogP) is 5.22. The van der Waals surface area contributed by atoms with Gasteiger partial charge >= 0.3 is 12.1 Å². The minimum atomic E-state index is -4.56. The zero-order valence-corrected chi connectivity index (χ0v) is 21.1. The summed E-state index contributed by atoms with van der Waals surface area (Å²) < 4.78 is 50.3. The van der Waals surface area contributed by atoms with Crippen molar-refractivity contribution in [2.75, 3.05) is 18.5 Å². The van der Waals surface area contributed by atoms with Crippen LogP contribution in [-0.4, -0.2) is 34.9 Å². The molecule has 0 unspecified atom stereocenters. The lowest BCUT2D eigenvalue weighted by Gasteiger charge is -2.11. The van der Waals surface area contributed by atoms with Gasteiger partial charge in [-0.1, -0.05) is 12.1 Å². The Balaban J connectivity index is 1.72. The number of rotatable bonds is 8. The van der Waals surface area contributed by atoms with Crippen LogP contribution in [0, 0.1) is 0 Å². The second kappa shape index (κ2) is 11.1. The maximum atomic E-state index is 13.4. The standard InChI is InChI=1S/C26H22F3N3O5S/c1-3-36-18-11-5-15(6-12-18)13-20(33)30-23-21-19(14-38-23)22(25(35)37-4-2)31-32(24(21)34)17-9-7-16(8-10-17)26(27,28)29/h5-12,14H,3-4,13H2,1-2H3,(H,30,33). The van der Waals surface area contributed by atoms with E-state index in [0.717, 1.165) is 40.3 Å². The molecule has 0 bridgehead atoms. The average Bonchev–Trinajstić information content (AvgIpc) is 3.29. The van der Waals surface area contributed by atoms with Gasteiger partial charge in [0.05, 0.1) is 36.3 Å². The number of benzene rings is 2. The summed E-state index contributed by atoms with van der Waals surface area (Å²) in [7, 11) is 0. The number of fused-ring (bicyclic) bond motifs is 1. The van der Waals surface area contributed by atoms with Gasteiger partial charge in [-0.15, -0.1) is 11.3 Å². The number of hydrogen-bond acceptors (Lipinski definition) is 7. The Morgan fingerprint density at radius 1 is 1.03 bits per heavy atom. The first kappa shape index (κ1) is 26.9. The molecule has 1 amide bonds. The van der Waals surface area contributed by atoms with Crippen molar-refractivity contribution in [1.82, 2.24) is 9.78 Å². The van der Waals surface area contributed by atoms with Crippen molar-refractivity contribution < 1.29 is 32.2 Å². The summed E-state index contributed by atoms with van der Waals surface area (Å²) in [5, 5.41) is 8.63. The van der Waals surface area contributed by atoms with E-state index in [-0.39, 0.29) is 40.2 Å². The Hall–Kier alpha value is -4.19. The molecule has 1 N–H and O–H groups in total. The van der Waals surface area contributed by atoms with E-state index in [1.54, 1.807) is 31.2 Å². The first-order valence-electron chi connectivity index (χ1n) is 11.5. The van der Waals surface area contributed by atoms with E-state index >= 15 is 0 Å². The van der Waals surface area contributed by atoms with Gasteiger partial charge in [-0.25, -0.2) is 4.79 Å². The molecule has 8 nitrogen and oxygen atoms in total. The molecule has 2 heterocycles. The van der Waals surface area contributed by atoms with Gasteiger partial charge in [-0.2, -0.15) is 23.0 Å². The number of aromatic nitrogens is 2. The average molecular weight is 546 g/mol. The highest BCUT2D eigenvalue weighted by atomic mass is 32.1. The highest BCUT2D eigenvalue weighted by Gasteiger charge is 2.30. The molecule has 0 saturated carbocycles. The number of ether oxygens (including phenoxy) is 2. The molecule has 2 aromatic heterocycles. The second-order valence-electron chi connectivity index (χ2n) is 7.99. The SMILES string of the molecule is CCOC(=O)c1nn(-c2ccc(C(F)(F)F)cc2)c(=O)c2c(NC(=O)Cc3ccc(OCC)cc3)scc12. The largest absolute Gasteiger partial charge is 0.494 e. The fraction of sp³-hybridized carbons (Fsp3) is 0.231. The van der Waals surface area contributed by atoms with Crippen LogP contribution in [0.5, 0.6) is 5.75 Å². The van der Waals surface area contributed by atoms with Crippen molar-refractivity contribution in [3.05, 3.63) is 81.1 Å². The van der Waals surface area contributed by atoms with Gasteiger partial charge in [-0.3, -0.25) is 9.59 Å². The number of thiophene rings is 1. The summed E-state index contributed by atoms with van der Waals surface area (Å²) in [5.41, 5.74) is -1.11. The molecule has 0 aliphatic heterocycles. The van der Waals surface area contributed by atoms with E-state index in [0.29, 0.717) is 17.9 Å². The zero-order valence-electron chi connectivity index (χ0n) is 20.3. The van der Waals surface area contributed by atoms with Crippen molar-refractivity contribution in [3.8, 4) is 11.4 Å². The summed E-state index contributed by atoms with van der Waals surface area (Å²) in [5.74, 6) is -0.556. The molecule has 4 rings (SSSR count). The van der Waals surface area contributed by atoms with Crippen molar-refractivity contribution in [3.63, 3.8) is 0 Å². The van der Waals surface area contributed by atoms with Crippen LogP contribution in [0.15, 0.2) is 58.7 Å². The molecule has 0 atom stereocenters. The molecule has 0 radical (unpaired) electrons. The van der Waals surface area contributed by atoms with Crippen LogP contribution >= 0.6 is 11.3 Å². The first-order valence-corrected chi connectivity index (χ1v) is 12.4. The maximum absolute atomic E-state index is 13.4. The minimum Gasteiger partial charge on any atom is -0.494 e. The predicted molar refractivity (Wildman–Crippen MR) is 136 cm³/mol. The minimum absolute atomic E-state index is 0.00649. The van der Waals surface area contributed by atoms with E-state index in [1.807, 2.05) is 6.92 Å². The van der Waals surface area contributed by atoms with Crippen molar-refractivity contribution in [1.29, 1.82) is 0 Å². The number of nitrogens with zero attached hydrogens (tertiary/aromatic N) is 2. The van der Waals surface area contributed by atoms with Crippen LogP contribution in [-0.2, 0) is 22.1 Å². The van der Waals surface area contributed by atoms with Gasteiger partial charge in [0.2, 0.25) is 5.91 Å². The maximum Gasteiger partial charge on any atom is 0.416 e. The van der Waals surface area contributed by atoms with Gasteiger partial charge < -0.3 is 14.8 Å². The number of nitrogens with one attached hydrogen (secondary N) is 1. The number of amides is 1. The molecule has 2 aromatic carbocycles.